The van der Waals surface area contributed by atoms with Crippen LogP contribution in [0.25, 0.3) is 0 Å². The van der Waals surface area contributed by atoms with Crippen LogP contribution in [-0.4, -0.2) is 19.0 Å². The Kier molecular flexibility index (Phi) is 4.36. The molecule has 2 aromatic carbocycles. The van der Waals surface area contributed by atoms with Crippen molar-refractivity contribution < 1.29 is 9.47 Å². The number of benzene rings is 2. The Balaban J connectivity index is 1.39. The second-order valence-corrected chi connectivity index (χ2v) is 6.40. The maximum atomic E-state index is 5.39. The minimum Gasteiger partial charge on any atom is -0.454 e. The summed E-state index contributed by atoms with van der Waals surface area (Å²) < 4.78 is 10.7. The zero-order valence-corrected chi connectivity index (χ0v) is 13.7. The van der Waals surface area contributed by atoms with E-state index in [1.54, 1.807) is 0 Å². The van der Waals surface area contributed by atoms with Gasteiger partial charge < -0.3 is 14.8 Å². The number of ether oxygens (including phenoxy) is 2. The molecule has 4 heteroatoms. The Labute approximate surface area is 142 Å². The van der Waals surface area contributed by atoms with Crippen molar-refractivity contribution in [3.8, 4) is 11.5 Å². The molecule has 24 heavy (non-hydrogen) atoms. The number of hydrogen-bond acceptors (Lipinski definition) is 4. The first-order valence-electron chi connectivity index (χ1n) is 8.67. The van der Waals surface area contributed by atoms with E-state index in [9.17, 15) is 0 Å². The van der Waals surface area contributed by atoms with Crippen LogP contribution in [0.5, 0.6) is 11.5 Å². The van der Waals surface area contributed by atoms with Gasteiger partial charge in [-0.05, 0) is 60.9 Å². The van der Waals surface area contributed by atoms with Gasteiger partial charge in [0.15, 0.2) is 11.5 Å². The first-order valence-corrected chi connectivity index (χ1v) is 8.67. The van der Waals surface area contributed by atoms with Gasteiger partial charge in [-0.1, -0.05) is 19.3 Å². The molecule has 4 nitrogen and oxygen atoms in total. The van der Waals surface area contributed by atoms with Crippen LogP contribution in [0.2, 0.25) is 0 Å². The van der Waals surface area contributed by atoms with Gasteiger partial charge in [0.1, 0.15) is 0 Å². The highest BCUT2D eigenvalue weighted by atomic mass is 16.7. The smallest absolute Gasteiger partial charge is 0.231 e. The predicted molar refractivity (Wildman–Crippen MR) is 96.8 cm³/mol. The van der Waals surface area contributed by atoms with Crippen molar-refractivity contribution in [2.75, 3.05) is 12.1 Å². The molecule has 0 bridgehead atoms. The van der Waals surface area contributed by atoms with Gasteiger partial charge in [0.25, 0.3) is 0 Å². The van der Waals surface area contributed by atoms with E-state index in [0.29, 0.717) is 12.8 Å². The van der Waals surface area contributed by atoms with Crippen molar-refractivity contribution in [2.24, 2.45) is 4.99 Å². The summed E-state index contributed by atoms with van der Waals surface area (Å²) in [7, 11) is 0. The summed E-state index contributed by atoms with van der Waals surface area (Å²) in [4.78, 5) is 4.54. The Hall–Kier alpha value is -2.49. The van der Waals surface area contributed by atoms with Gasteiger partial charge in [0.2, 0.25) is 6.79 Å². The fraction of sp³-hybridized carbons (Fsp3) is 0.350. The van der Waals surface area contributed by atoms with Crippen LogP contribution < -0.4 is 14.8 Å². The molecule has 0 saturated heterocycles. The quantitative estimate of drug-likeness (QED) is 0.813. The molecule has 2 aliphatic rings. The molecule has 0 amide bonds. The van der Waals surface area contributed by atoms with E-state index in [1.165, 1.54) is 37.8 Å². The van der Waals surface area contributed by atoms with Crippen molar-refractivity contribution in [1.29, 1.82) is 0 Å². The van der Waals surface area contributed by atoms with E-state index in [0.717, 1.165) is 22.7 Å². The van der Waals surface area contributed by atoms with Crippen molar-refractivity contribution in [1.82, 2.24) is 0 Å². The summed E-state index contributed by atoms with van der Waals surface area (Å²) in [6.45, 7) is 0.297. The number of fused-ring (bicyclic) bond motifs is 1. The fourth-order valence-corrected chi connectivity index (χ4v) is 3.27. The molecule has 1 aliphatic heterocycles. The van der Waals surface area contributed by atoms with Crippen LogP contribution in [0.1, 0.15) is 37.7 Å². The maximum absolute atomic E-state index is 5.39. The number of rotatable bonds is 4. The van der Waals surface area contributed by atoms with Crippen LogP contribution in [0, 0.1) is 0 Å². The third-order valence-electron chi connectivity index (χ3n) is 4.60. The summed E-state index contributed by atoms with van der Waals surface area (Å²) in [5.41, 5.74) is 3.13. The zero-order valence-electron chi connectivity index (χ0n) is 13.7. The third-order valence-corrected chi connectivity index (χ3v) is 4.60. The van der Waals surface area contributed by atoms with Gasteiger partial charge in [-0.3, -0.25) is 4.99 Å². The summed E-state index contributed by atoms with van der Waals surface area (Å²) in [5.74, 6) is 1.58. The average Bonchev–Trinajstić information content (AvgIpc) is 3.10. The van der Waals surface area contributed by atoms with Gasteiger partial charge in [0, 0.05) is 17.9 Å². The van der Waals surface area contributed by atoms with E-state index in [1.807, 2.05) is 24.4 Å². The molecule has 0 radical (unpaired) electrons. The van der Waals surface area contributed by atoms with Gasteiger partial charge in [-0.25, -0.2) is 0 Å². The van der Waals surface area contributed by atoms with E-state index in [2.05, 4.69) is 34.6 Å². The molecule has 4 rings (SSSR count). The van der Waals surface area contributed by atoms with E-state index >= 15 is 0 Å². The molecule has 0 atom stereocenters. The Morgan fingerprint density at radius 1 is 0.917 bits per heavy atom. The monoisotopic (exact) mass is 322 g/mol. The molecule has 1 heterocycles. The Morgan fingerprint density at radius 3 is 2.54 bits per heavy atom. The van der Waals surface area contributed by atoms with Crippen molar-refractivity contribution in [3.05, 3.63) is 48.0 Å². The lowest BCUT2D eigenvalue weighted by atomic mass is 9.95. The van der Waals surface area contributed by atoms with Crippen LogP contribution in [0.4, 0.5) is 11.4 Å². The molecular formula is C20H22N2O2. The number of hydrogen-bond donors (Lipinski definition) is 1. The molecule has 1 fully saturated rings. The number of nitrogens with one attached hydrogen (secondary N) is 1. The molecule has 1 aliphatic carbocycles. The van der Waals surface area contributed by atoms with Gasteiger partial charge in [-0.2, -0.15) is 0 Å². The molecule has 0 unspecified atom stereocenters. The van der Waals surface area contributed by atoms with Crippen LogP contribution in [0.15, 0.2) is 47.5 Å². The Bertz CT molecular complexity index is 719. The topological polar surface area (TPSA) is 42.9 Å². The molecule has 1 N–H and O–H groups in total. The molecule has 0 spiro atoms. The Morgan fingerprint density at radius 2 is 1.71 bits per heavy atom. The van der Waals surface area contributed by atoms with Gasteiger partial charge in [-0.15, -0.1) is 0 Å². The highest BCUT2D eigenvalue weighted by molar-refractivity contribution is 5.83. The normalized spacial score (nSPS) is 17.3. The van der Waals surface area contributed by atoms with Crippen molar-refractivity contribution >= 4 is 17.6 Å². The standard InChI is InChI=1S/C20H22N2O2/c1-2-4-17(5-3-1)22-18-9-7-16(8-10-18)21-13-15-6-11-19-20(12-15)24-14-23-19/h6-13,17,22H,1-5,14H2. The molecular weight excluding hydrogens is 300 g/mol. The van der Waals surface area contributed by atoms with Crippen LogP contribution in [0.3, 0.4) is 0 Å². The summed E-state index contributed by atoms with van der Waals surface area (Å²) in [5, 5.41) is 3.63. The van der Waals surface area contributed by atoms with Gasteiger partial charge >= 0.3 is 0 Å². The average molecular weight is 322 g/mol. The first-order chi connectivity index (χ1) is 11.9. The van der Waals surface area contributed by atoms with E-state index in [-0.39, 0.29) is 0 Å². The van der Waals surface area contributed by atoms with Gasteiger partial charge in [0.05, 0.1) is 5.69 Å². The molecule has 1 saturated carbocycles. The lowest BCUT2D eigenvalue weighted by molar-refractivity contribution is 0.174. The molecule has 2 aromatic rings. The highest BCUT2D eigenvalue weighted by Crippen LogP contribution is 2.32. The number of nitrogens with zero attached hydrogens (tertiary/aromatic N) is 1. The second kappa shape index (κ2) is 6.95. The largest absolute Gasteiger partial charge is 0.454 e. The maximum Gasteiger partial charge on any atom is 0.231 e. The lowest BCUT2D eigenvalue weighted by Crippen LogP contribution is -2.21. The third kappa shape index (κ3) is 3.53. The minimum atomic E-state index is 0.297. The summed E-state index contributed by atoms with van der Waals surface area (Å²) >= 11 is 0. The molecule has 0 aromatic heterocycles. The fourth-order valence-electron chi connectivity index (χ4n) is 3.27. The predicted octanol–water partition coefficient (Wildman–Crippen LogP) is 4.91. The second-order valence-electron chi connectivity index (χ2n) is 6.40. The van der Waals surface area contributed by atoms with Crippen LogP contribution >= 0.6 is 0 Å². The molecule has 124 valence electrons. The van der Waals surface area contributed by atoms with Crippen molar-refractivity contribution in [2.45, 2.75) is 38.1 Å². The summed E-state index contributed by atoms with van der Waals surface area (Å²) in [6, 6.07) is 14.8. The van der Waals surface area contributed by atoms with E-state index in [4.69, 9.17) is 9.47 Å². The lowest BCUT2D eigenvalue weighted by Gasteiger charge is -2.23. The SMILES string of the molecule is C(=Nc1ccc(NC2CCCCC2)cc1)c1ccc2c(c1)OCO2. The zero-order chi connectivity index (χ0) is 16.2. The summed E-state index contributed by atoms with van der Waals surface area (Å²) in [6.07, 6.45) is 8.48. The van der Waals surface area contributed by atoms with E-state index < -0.39 is 0 Å². The number of anilines is 1. The first kappa shape index (κ1) is 15.1. The van der Waals surface area contributed by atoms with Crippen molar-refractivity contribution in [3.63, 3.8) is 0 Å². The highest BCUT2D eigenvalue weighted by Gasteiger charge is 2.13. The number of aliphatic imine (C=N–C) groups is 1. The van der Waals surface area contributed by atoms with Crippen LogP contribution in [-0.2, 0) is 0 Å². The minimum absolute atomic E-state index is 0.297.